The van der Waals surface area contributed by atoms with E-state index in [4.69, 9.17) is 5.26 Å². The summed E-state index contributed by atoms with van der Waals surface area (Å²) in [5, 5.41) is 12.1. The number of nitrogens with one attached hydrogen (secondary N) is 1. The van der Waals surface area contributed by atoms with Gasteiger partial charge in [0.05, 0.1) is 0 Å². The van der Waals surface area contributed by atoms with Crippen molar-refractivity contribution in [1.29, 1.82) is 5.26 Å². The van der Waals surface area contributed by atoms with Crippen LogP contribution < -0.4 is 5.32 Å². The van der Waals surface area contributed by atoms with Gasteiger partial charge in [0.1, 0.15) is 10.9 Å². The molecular weight excluding hydrogens is 216 g/mol. The van der Waals surface area contributed by atoms with E-state index in [9.17, 15) is 0 Å². The molecule has 0 atom stereocenters. The van der Waals surface area contributed by atoms with Crippen LogP contribution in [0.2, 0.25) is 0 Å². The van der Waals surface area contributed by atoms with Crippen molar-refractivity contribution in [1.82, 2.24) is 5.32 Å². The normalized spacial score (nSPS) is 9.94. The van der Waals surface area contributed by atoms with Crippen LogP contribution in [0.15, 0.2) is 42.5 Å². The Kier molecular flexibility index (Phi) is 3.71. The summed E-state index contributed by atoms with van der Waals surface area (Å²) in [4.78, 5) is 1.98. The first-order valence-electron chi connectivity index (χ1n) is 5.12. The quantitative estimate of drug-likeness (QED) is 0.873. The van der Waals surface area contributed by atoms with Crippen LogP contribution in [-0.2, 0) is 13.1 Å². The lowest BCUT2D eigenvalue weighted by atomic mass is 10.2. The fourth-order valence-electron chi connectivity index (χ4n) is 1.46. The monoisotopic (exact) mass is 228 g/mol. The summed E-state index contributed by atoms with van der Waals surface area (Å²) < 4.78 is 0. The van der Waals surface area contributed by atoms with Gasteiger partial charge in [-0.05, 0) is 17.7 Å². The van der Waals surface area contributed by atoms with Gasteiger partial charge < -0.3 is 5.32 Å². The number of benzene rings is 1. The lowest BCUT2D eigenvalue weighted by molar-refractivity contribution is 0.701. The van der Waals surface area contributed by atoms with Gasteiger partial charge in [0.25, 0.3) is 0 Å². The molecule has 2 rings (SSSR count). The van der Waals surface area contributed by atoms with Crippen molar-refractivity contribution in [3.63, 3.8) is 0 Å². The molecule has 1 N–H and O–H groups in total. The maximum absolute atomic E-state index is 8.69. The van der Waals surface area contributed by atoms with Crippen LogP contribution in [0.3, 0.4) is 0 Å². The molecule has 0 aliphatic rings. The summed E-state index contributed by atoms with van der Waals surface area (Å²) in [6, 6.07) is 16.3. The number of nitrogens with zero attached hydrogens (tertiary/aromatic N) is 1. The molecule has 0 spiro atoms. The van der Waals surface area contributed by atoms with Gasteiger partial charge in [-0.1, -0.05) is 30.3 Å². The summed E-state index contributed by atoms with van der Waals surface area (Å²) in [5.41, 5.74) is 1.28. The van der Waals surface area contributed by atoms with E-state index in [1.807, 2.05) is 30.3 Å². The average molecular weight is 228 g/mol. The number of hydrogen-bond donors (Lipinski definition) is 1. The Morgan fingerprint density at radius 1 is 1.06 bits per heavy atom. The average Bonchev–Trinajstić information content (AvgIpc) is 2.78. The summed E-state index contributed by atoms with van der Waals surface area (Å²) in [7, 11) is 0. The SMILES string of the molecule is N#Cc1ccc(CNCc2ccccc2)s1. The molecule has 2 nitrogen and oxygen atoms in total. The fraction of sp³-hybridized carbons (Fsp3) is 0.154. The summed E-state index contributed by atoms with van der Waals surface area (Å²) >= 11 is 1.54. The molecule has 1 aromatic heterocycles. The van der Waals surface area contributed by atoms with Crippen LogP contribution in [0.1, 0.15) is 15.3 Å². The lowest BCUT2D eigenvalue weighted by Crippen LogP contribution is -2.11. The summed E-state index contributed by atoms with van der Waals surface area (Å²) in [6.45, 7) is 1.68. The van der Waals surface area contributed by atoms with Crippen molar-refractivity contribution in [2.75, 3.05) is 0 Å². The first-order chi connectivity index (χ1) is 7.88. The second-order valence-corrected chi connectivity index (χ2v) is 4.64. The number of nitriles is 1. The highest BCUT2D eigenvalue weighted by Gasteiger charge is 1.98. The Bertz CT molecular complexity index is 482. The molecule has 0 aliphatic carbocycles. The molecule has 0 aliphatic heterocycles. The first kappa shape index (κ1) is 10.9. The lowest BCUT2D eigenvalue weighted by Gasteiger charge is -2.02. The molecule has 0 radical (unpaired) electrons. The van der Waals surface area contributed by atoms with Crippen molar-refractivity contribution in [3.8, 4) is 6.07 Å². The van der Waals surface area contributed by atoms with Gasteiger partial charge in [-0.3, -0.25) is 0 Å². The molecule has 0 saturated heterocycles. The van der Waals surface area contributed by atoms with Crippen LogP contribution >= 0.6 is 11.3 Å². The third-order valence-corrected chi connectivity index (χ3v) is 3.23. The van der Waals surface area contributed by atoms with E-state index in [0.717, 1.165) is 18.0 Å². The molecule has 1 heterocycles. The van der Waals surface area contributed by atoms with Crippen LogP contribution in [0, 0.1) is 11.3 Å². The number of hydrogen-bond acceptors (Lipinski definition) is 3. The Labute approximate surface area is 99.2 Å². The van der Waals surface area contributed by atoms with Gasteiger partial charge >= 0.3 is 0 Å². The second-order valence-electron chi connectivity index (χ2n) is 3.47. The number of rotatable bonds is 4. The maximum Gasteiger partial charge on any atom is 0.110 e. The predicted molar refractivity (Wildman–Crippen MR) is 66.0 cm³/mol. The van der Waals surface area contributed by atoms with Crippen molar-refractivity contribution in [2.24, 2.45) is 0 Å². The standard InChI is InChI=1S/C13H12N2S/c14-8-12-6-7-13(16-12)10-15-9-11-4-2-1-3-5-11/h1-7,15H,9-10H2. The van der Waals surface area contributed by atoms with Gasteiger partial charge in [0, 0.05) is 18.0 Å². The molecule has 0 saturated carbocycles. The molecule has 1 aromatic carbocycles. The Morgan fingerprint density at radius 2 is 1.88 bits per heavy atom. The first-order valence-corrected chi connectivity index (χ1v) is 5.93. The van der Waals surface area contributed by atoms with Crippen molar-refractivity contribution in [2.45, 2.75) is 13.1 Å². The third-order valence-electron chi connectivity index (χ3n) is 2.24. The smallest absolute Gasteiger partial charge is 0.110 e. The predicted octanol–water partition coefficient (Wildman–Crippen LogP) is 2.91. The van der Waals surface area contributed by atoms with Crippen LogP contribution in [0.5, 0.6) is 0 Å². The van der Waals surface area contributed by atoms with Gasteiger partial charge in [0.15, 0.2) is 0 Å². The van der Waals surface area contributed by atoms with E-state index in [1.165, 1.54) is 10.4 Å². The van der Waals surface area contributed by atoms with E-state index in [0.29, 0.717) is 0 Å². The molecule has 3 heteroatoms. The highest BCUT2D eigenvalue weighted by molar-refractivity contribution is 7.12. The molecule has 16 heavy (non-hydrogen) atoms. The van der Waals surface area contributed by atoms with Crippen molar-refractivity contribution >= 4 is 11.3 Å². The van der Waals surface area contributed by atoms with E-state index in [1.54, 1.807) is 11.3 Å². The molecule has 0 unspecified atom stereocenters. The van der Waals surface area contributed by atoms with Crippen molar-refractivity contribution < 1.29 is 0 Å². The van der Waals surface area contributed by atoms with Crippen LogP contribution in [0.4, 0.5) is 0 Å². The maximum atomic E-state index is 8.69. The zero-order chi connectivity index (χ0) is 11.2. The van der Waals surface area contributed by atoms with Crippen LogP contribution in [-0.4, -0.2) is 0 Å². The van der Waals surface area contributed by atoms with Gasteiger partial charge in [0.2, 0.25) is 0 Å². The topological polar surface area (TPSA) is 35.8 Å². The minimum Gasteiger partial charge on any atom is -0.308 e. The molecule has 80 valence electrons. The van der Waals surface area contributed by atoms with E-state index >= 15 is 0 Å². The van der Waals surface area contributed by atoms with Gasteiger partial charge in [-0.15, -0.1) is 11.3 Å². The van der Waals surface area contributed by atoms with E-state index in [-0.39, 0.29) is 0 Å². The minimum absolute atomic E-state index is 0.775. The van der Waals surface area contributed by atoms with E-state index in [2.05, 4.69) is 23.5 Å². The minimum atomic E-state index is 0.775. The molecule has 0 amide bonds. The van der Waals surface area contributed by atoms with E-state index < -0.39 is 0 Å². The van der Waals surface area contributed by atoms with Gasteiger partial charge in [-0.25, -0.2) is 0 Å². The zero-order valence-electron chi connectivity index (χ0n) is 8.81. The second kappa shape index (κ2) is 5.45. The third kappa shape index (κ3) is 2.93. The molecule has 2 aromatic rings. The number of thiophene rings is 1. The zero-order valence-corrected chi connectivity index (χ0v) is 9.63. The highest BCUT2D eigenvalue weighted by Crippen LogP contribution is 2.14. The fourth-order valence-corrected chi connectivity index (χ4v) is 2.23. The Hall–Kier alpha value is -1.63. The molecule has 0 fully saturated rings. The molecule has 0 bridgehead atoms. The largest absolute Gasteiger partial charge is 0.308 e. The highest BCUT2D eigenvalue weighted by atomic mass is 32.1. The Balaban J connectivity index is 1.83. The van der Waals surface area contributed by atoms with Crippen molar-refractivity contribution in [3.05, 3.63) is 57.8 Å². The molecular formula is C13H12N2S. The van der Waals surface area contributed by atoms with Crippen LogP contribution in [0.25, 0.3) is 0 Å². The summed E-state index contributed by atoms with van der Waals surface area (Å²) in [5.74, 6) is 0. The van der Waals surface area contributed by atoms with Gasteiger partial charge in [-0.2, -0.15) is 5.26 Å². The summed E-state index contributed by atoms with van der Waals surface area (Å²) in [6.07, 6.45) is 0. The Morgan fingerprint density at radius 3 is 2.56 bits per heavy atom.